The molecule has 1 unspecified atom stereocenters. The van der Waals surface area contributed by atoms with E-state index in [4.69, 9.17) is 5.11 Å². The highest BCUT2D eigenvalue weighted by Gasteiger charge is 2.28. The van der Waals surface area contributed by atoms with Gasteiger partial charge >= 0.3 is 0 Å². The molecule has 7 nitrogen and oxygen atoms in total. The topological polar surface area (TPSA) is 95.4 Å². The summed E-state index contributed by atoms with van der Waals surface area (Å²) in [6.07, 6.45) is 9.03. The predicted molar refractivity (Wildman–Crippen MR) is 85.1 cm³/mol. The van der Waals surface area contributed by atoms with Gasteiger partial charge in [0.1, 0.15) is 5.82 Å². The van der Waals surface area contributed by atoms with E-state index in [0.717, 1.165) is 31.4 Å². The number of hydrogen-bond acceptors (Lipinski definition) is 6. The number of rotatable bonds is 7. The Balaban J connectivity index is 1.91. The monoisotopic (exact) mass is 328 g/mol. The molecule has 1 saturated heterocycles. The van der Waals surface area contributed by atoms with Crippen molar-refractivity contribution in [1.82, 2.24) is 14.3 Å². The van der Waals surface area contributed by atoms with Crippen LogP contribution in [0.3, 0.4) is 0 Å². The van der Waals surface area contributed by atoms with Gasteiger partial charge in [0.2, 0.25) is 10.0 Å². The number of nitrogens with zero attached hydrogens (tertiary/aromatic N) is 3. The fourth-order valence-corrected chi connectivity index (χ4v) is 3.99. The summed E-state index contributed by atoms with van der Waals surface area (Å²) in [5.74, 6) is 0.633. The van der Waals surface area contributed by atoms with Crippen molar-refractivity contribution in [3.05, 3.63) is 18.1 Å². The lowest BCUT2D eigenvalue weighted by Crippen LogP contribution is -2.43. The van der Waals surface area contributed by atoms with Gasteiger partial charge < -0.3 is 10.4 Å². The third-order valence-corrected chi connectivity index (χ3v) is 5.19. The average Bonchev–Trinajstić information content (AvgIpc) is 2.51. The van der Waals surface area contributed by atoms with Gasteiger partial charge in [-0.15, -0.1) is 0 Å². The molecule has 0 spiro atoms. The summed E-state index contributed by atoms with van der Waals surface area (Å²) in [5, 5.41) is 11.7. The molecule has 0 radical (unpaired) electrons. The number of sulfonamides is 1. The molecule has 1 aromatic rings. The molecule has 1 fully saturated rings. The summed E-state index contributed by atoms with van der Waals surface area (Å²) in [4.78, 5) is 8.56. The zero-order valence-electron chi connectivity index (χ0n) is 12.9. The van der Waals surface area contributed by atoms with Crippen molar-refractivity contribution in [2.75, 3.05) is 31.3 Å². The first-order valence-corrected chi connectivity index (χ1v) is 9.48. The molecule has 124 valence electrons. The summed E-state index contributed by atoms with van der Waals surface area (Å²) < 4.78 is 25.3. The van der Waals surface area contributed by atoms with Crippen LogP contribution in [0.4, 0.5) is 5.82 Å². The molecular weight excluding hydrogens is 304 g/mol. The first-order chi connectivity index (χ1) is 10.5. The minimum Gasteiger partial charge on any atom is -0.395 e. The Hall–Kier alpha value is -1.25. The van der Waals surface area contributed by atoms with Crippen LogP contribution >= 0.6 is 0 Å². The Morgan fingerprint density at radius 3 is 2.82 bits per heavy atom. The minimum absolute atomic E-state index is 0.0481. The molecule has 0 aliphatic carbocycles. The molecule has 0 bridgehead atoms. The van der Waals surface area contributed by atoms with Crippen molar-refractivity contribution in [2.24, 2.45) is 0 Å². The highest BCUT2D eigenvalue weighted by molar-refractivity contribution is 7.88. The Labute approximate surface area is 131 Å². The van der Waals surface area contributed by atoms with E-state index in [2.05, 4.69) is 15.3 Å². The second kappa shape index (κ2) is 7.85. The average molecular weight is 328 g/mol. The quantitative estimate of drug-likeness (QED) is 0.762. The van der Waals surface area contributed by atoms with Gasteiger partial charge in [0.15, 0.2) is 0 Å². The Morgan fingerprint density at radius 2 is 2.18 bits per heavy atom. The normalized spacial score (nSPS) is 20.0. The number of aryl methyl sites for hydroxylation is 1. The number of aromatic nitrogens is 2. The van der Waals surface area contributed by atoms with E-state index < -0.39 is 10.0 Å². The molecule has 22 heavy (non-hydrogen) atoms. The standard InChI is InChI=1S/C14H24N4O3S/c1-22(20,21)18-8-3-2-4-13(18)6-5-12-10-17-14(11-16-12)15-7-9-19/h10-11,13,19H,2-9H2,1H3,(H,15,17). The van der Waals surface area contributed by atoms with Crippen LogP contribution < -0.4 is 5.32 Å². The third kappa shape index (κ3) is 4.89. The summed E-state index contributed by atoms with van der Waals surface area (Å²) in [6, 6.07) is 0.0674. The van der Waals surface area contributed by atoms with Crippen molar-refractivity contribution >= 4 is 15.8 Å². The van der Waals surface area contributed by atoms with Crippen LogP contribution in [0.5, 0.6) is 0 Å². The van der Waals surface area contributed by atoms with Crippen molar-refractivity contribution < 1.29 is 13.5 Å². The molecule has 2 heterocycles. The van der Waals surface area contributed by atoms with E-state index in [-0.39, 0.29) is 12.6 Å². The van der Waals surface area contributed by atoms with Crippen molar-refractivity contribution in [1.29, 1.82) is 0 Å². The van der Waals surface area contributed by atoms with Crippen LogP contribution in [0, 0.1) is 0 Å². The van der Waals surface area contributed by atoms with E-state index in [1.807, 2.05) is 0 Å². The summed E-state index contributed by atoms with van der Waals surface area (Å²) in [7, 11) is -3.13. The summed E-state index contributed by atoms with van der Waals surface area (Å²) in [6.45, 7) is 1.12. The Bertz CT molecular complexity index is 562. The molecule has 0 aromatic carbocycles. The van der Waals surface area contributed by atoms with Crippen LogP contribution in [0.1, 0.15) is 31.4 Å². The second-order valence-corrected chi connectivity index (χ2v) is 7.54. The number of hydrogen-bond donors (Lipinski definition) is 2. The van der Waals surface area contributed by atoms with Gasteiger partial charge in [-0.25, -0.2) is 13.4 Å². The van der Waals surface area contributed by atoms with E-state index in [1.165, 1.54) is 6.26 Å². The zero-order chi connectivity index (χ0) is 16.0. The highest BCUT2D eigenvalue weighted by Crippen LogP contribution is 2.23. The molecule has 0 amide bonds. The number of anilines is 1. The van der Waals surface area contributed by atoms with Crippen molar-refractivity contribution in [3.63, 3.8) is 0 Å². The molecule has 1 aliphatic heterocycles. The van der Waals surface area contributed by atoms with Crippen LogP contribution in [0.15, 0.2) is 12.4 Å². The van der Waals surface area contributed by atoms with E-state index in [0.29, 0.717) is 25.3 Å². The van der Waals surface area contributed by atoms with E-state index >= 15 is 0 Å². The predicted octanol–water partition coefficient (Wildman–Crippen LogP) is 0.627. The zero-order valence-corrected chi connectivity index (χ0v) is 13.7. The van der Waals surface area contributed by atoms with Gasteiger partial charge in [-0.3, -0.25) is 4.98 Å². The first-order valence-electron chi connectivity index (χ1n) is 7.63. The maximum atomic E-state index is 11.8. The molecule has 1 aliphatic rings. The van der Waals surface area contributed by atoms with Crippen molar-refractivity contribution in [2.45, 2.75) is 38.1 Å². The summed E-state index contributed by atoms with van der Waals surface area (Å²) >= 11 is 0. The van der Waals surface area contributed by atoms with E-state index in [1.54, 1.807) is 16.7 Å². The smallest absolute Gasteiger partial charge is 0.211 e. The van der Waals surface area contributed by atoms with Crippen molar-refractivity contribution in [3.8, 4) is 0 Å². The number of piperidine rings is 1. The van der Waals surface area contributed by atoms with Crippen LogP contribution in [0.25, 0.3) is 0 Å². The Morgan fingerprint density at radius 1 is 1.36 bits per heavy atom. The molecule has 0 saturated carbocycles. The number of nitrogens with one attached hydrogen (secondary N) is 1. The molecular formula is C14H24N4O3S. The van der Waals surface area contributed by atoms with Gasteiger partial charge in [0.25, 0.3) is 0 Å². The number of aliphatic hydroxyl groups is 1. The fraction of sp³-hybridized carbons (Fsp3) is 0.714. The summed E-state index contributed by atoms with van der Waals surface area (Å²) in [5.41, 5.74) is 0.855. The number of aliphatic hydroxyl groups excluding tert-OH is 1. The fourth-order valence-electron chi connectivity index (χ4n) is 2.77. The van der Waals surface area contributed by atoms with Gasteiger partial charge in [0.05, 0.1) is 31.0 Å². The lowest BCUT2D eigenvalue weighted by Gasteiger charge is -2.33. The molecule has 8 heteroatoms. The van der Waals surface area contributed by atoms with Gasteiger partial charge in [-0.1, -0.05) is 6.42 Å². The molecule has 2 rings (SSSR count). The van der Waals surface area contributed by atoms with Crippen LogP contribution in [0.2, 0.25) is 0 Å². The molecule has 1 aromatic heterocycles. The highest BCUT2D eigenvalue weighted by atomic mass is 32.2. The SMILES string of the molecule is CS(=O)(=O)N1CCCCC1CCc1cnc(NCCO)cn1. The van der Waals surface area contributed by atoms with Crippen LogP contribution in [-0.2, 0) is 16.4 Å². The van der Waals surface area contributed by atoms with E-state index in [9.17, 15) is 8.42 Å². The maximum Gasteiger partial charge on any atom is 0.211 e. The molecule has 2 N–H and O–H groups in total. The lowest BCUT2D eigenvalue weighted by atomic mass is 10.00. The minimum atomic E-state index is -3.13. The second-order valence-electron chi connectivity index (χ2n) is 5.61. The van der Waals surface area contributed by atoms with Crippen LogP contribution in [-0.4, -0.2) is 59.8 Å². The van der Waals surface area contributed by atoms with Gasteiger partial charge in [0, 0.05) is 19.1 Å². The van der Waals surface area contributed by atoms with Gasteiger partial charge in [-0.2, -0.15) is 4.31 Å². The van der Waals surface area contributed by atoms with Gasteiger partial charge in [-0.05, 0) is 25.7 Å². The lowest BCUT2D eigenvalue weighted by molar-refractivity contribution is 0.242. The first kappa shape index (κ1) is 17.1. The Kier molecular flexibility index (Phi) is 6.10. The third-order valence-electron chi connectivity index (χ3n) is 3.86. The molecule has 1 atom stereocenters. The largest absolute Gasteiger partial charge is 0.395 e. The maximum absolute atomic E-state index is 11.8.